The van der Waals surface area contributed by atoms with E-state index in [9.17, 15) is 32.7 Å². The highest BCUT2D eigenvalue weighted by Gasteiger charge is 2.56. The van der Waals surface area contributed by atoms with Crippen LogP contribution in [0.1, 0.15) is 46.6 Å². The number of piperazine rings is 1. The number of hydrogen-bond acceptors (Lipinski definition) is 13. The lowest BCUT2D eigenvalue weighted by molar-refractivity contribution is -0.136. The summed E-state index contributed by atoms with van der Waals surface area (Å²) in [6.07, 6.45) is -1.37. The van der Waals surface area contributed by atoms with E-state index in [-0.39, 0.29) is 54.9 Å². The molecule has 3 fully saturated rings. The Morgan fingerprint density at radius 2 is 1.88 bits per heavy atom. The predicted molar refractivity (Wildman–Crippen MR) is 199 cm³/mol. The van der Waals surface area contributed by atoms with Crippen LogP contribution in [0.25, 0.3) is 11.3 Å². The SMILES string of the molecule is Cc1nc(O[C@H]2CN3c4cc(-c5cccc(F)c5O)nnc4NC[C@]3(C(F)F)C2)cnc1CN1CCN(c2ccc3c(c2)C(=O)N(C2CCC(=O)NC2=O)C3)CC1. The van der Waals surface area contributed by atoms with Crippen molar-refractivity contribution in [3.8, 4) is 22.9 Å². The summed E-state index contributed by atoms with van der Waals surface area (Å²) >= 11 is 0. The van der Waals surface area contributed by atoms with Crippen LogP contribution in [0.4, 0.5) is 30.4 Å². The van der Waals surface area contributed by atoms with Crippen LogP contribution in [-0.4, -0.2) is 116 Å². The fourth-order valence-corrected chi connectivity index (χ4v) is 8.61. The number of phenolic OH excluding ortho intramolecular Hbond substituents is 1. The molecule has 57 heavy (non-hydrogen) atoms. The van der Waals surface area contributed by atoms with Gasteiger partial charge in [-0.1, -0.05) is 12.1 Å². The molecule has 0 saturated carbocycles. The van der Waals surface area contributed by atoms with Gasteiger partial charge in [0.15, 0.2) is 17.4 Å². The Morgan fingerprint density at radius 1 is 1.05 bits per heavy atom. The molecular weight excluding hydrogens is 745 g/mol. The second kappa shape index (κ2) is 14.2. The second-order valence-corrected chi connectivity index (χ2v) is 15.2. The Bertz CT molecular complexity index is 2290. The summed E-state index contributed by atoms with van der Waals surface area (Å²) in [6, 6.07) is 10.7. The number of carbonyl (C=O) groups is 3. The minimum atomic E-state index is -2.75. The molecule has 4 aromatic rings. The van der Waals surface area contributed by atoms with E-state index in [1.165, 1.54) is 24.4 Å². The van der Waals surface area contributed by atoms with E-state index in [0.29, 0.717) is 42.3 Å². The van der Waals surface area contributed by atoms with Crippen LogP contribution in [0, 0.1) is 12.7 Å². The number of aromatic hydroxyl groups is 1. The van der Waals surface area contributed by atoms with Crippen molar-refractivity contribution < 1.29 is 37.4 Å². The third-order valence-electron chi connectivity index (χ3n) is 11.7. The molecule has 0 radical (unpaired) electrons. The maximum Gasteiger partial charge on any atom is 0.263 e. The molecule has 296 valence electrons. The number of hydrogen-bond donors (Lipinski definition) is 3. The maximum absolute atomic E-state index is 14.9. The van der Waals surface area contributed by atoms with Crippen molar-refractivity contribution in [1.82, 2.24) is 35.3 Å². The highest BCUT2D eigenvalue weighted by atomic mass is 19.3. The summed E-state index contributed by atoms with van der Waals surface area (Å²) in [5.74, 6) is -1.85. The van der Waals surface area contributed by atoms with Gasteiger partial charge in [0.2, 0.25) is 17.7 Å². The number of ether oxygens (including phenoxy) is 1. The number of piperidine rings is 1. The molecule has 2 aromatic carbocycles. The van der Waals surface area contributed by atoms with E-state index < -0.39 is 41.6 Å². The Morgan fingerprint density at radius 3 is 2.65 bits per heavy atom. The van der Waals surface area contributed by atoms with Gasteiger partial charge in [0.25, 0.3) is 12.3 Å². The summed E-state index contributed by atoms with van der Waals surface area (Å²) in [5, 5.41) is 23.9. The number of nitrogens with one attached hydrogen (secondary N) is 2. The number of alkyl halides is 2. The van der Waals surface area contributed by atoms with Gasteiger partial charge in [-0.3, -0.25) is 29.6 Å². The summed E-state index contributed by atoms with van der Waals surface area (Å²) in [4.78, 5) is 54.3. The zero-order chi connectivity index (χ0) is 39.6. The highest BCUT2D eigenvalue weighted by Crippen LogP contribution is 2.46. The van der Waals surface area contributed by atoms with Gasteiger partial charge in [-0.05, 0) is 49.2 Å². The van der Waals surface area contributed by atoms with Crippen molar-refractivity contribution in [3.63, 3.8) is 0 Å². The molecule has 15 nitrogen and oxygen atoms in total. The number of aromatic nitrogens is 4. The van der Waals surface area contributed by atoms with Gasteiger partial charge in [-0.2, -0.15) is 0 Å². The topological polar surface area (TPSA) is 169 Å². The maximum atomic E-state index is 14.9. The zero-order valence-corrected chi connectivity index (χ0v) is 30.9. The third kappa shape index (κ3) is 6.50. The van der Waals surface area contributed by atoms with Crippen molar-refractivity contribution in [2.45, 2.75) is 63.4 Å². The van der Waals surface area contributed by atoms with Gasteiger partial charge in [0.05, 0.1) is 35.5 Å². The van der Waals surface area contributed by atoms with Crippen LogP contribution in [0.5, 0.6) is 11.6 Å². The molecule has 3 amide bonds. The lowest BCUT2D eigenvalue weighted by Crippen LogP contribution is -2.57. The van der Waals surface area contributed by atoms with E-state index in [0.717, 1.165) is 49.2 Å². The zero-order valence-electron chi connectivity index (χ0n) is 30.9. The van der Waals surface area contributed by atoms with Crippen LogP contribution in [-0.2, 0) is 22.7 Å². The van der Waals surface area contributed by atoms with E-state index in [1.807, 2.05) is 25.1 Å². The number of fused-ring (bicyclic) bond motifs is 4. The number of nitrogens with zero attached hydrogens (tertiary/aromatic N) is 8. The summed E-state index contributed by atoms with van der Waals surface area (Å²) in [7, 11) is 0. The van der Waals surface area contributed by atoms with Gasteiger partial charge in [0.1, 0.15) is 17.7 Å². The number of phenols is 1. The lowest BCUT2D eigenvalue weighted by Gasteiger charge is -2.43. The Balaban J connectivity index is 0.828. The first-order valence-electron chi connectivity index (χ1n) is 18.9. The highest BCUT2D eigenvalue weighted by molar-refractivity contribution is 6.05. The minimum absolute atomic E-state index is 0.0107. The number of para-hydroxylation sites is 1. The van der Waals surface area contributed by atoms with Crippen LogP contribution in [0.2, 0.25) is 0 Å². The van der Waals surface area contributed by atoms with Crippen molar-refractivity contribution in [2.24, 2.45) is 0 Å². The van der Waals surface area contributed by atoms with Crippen molar-refractivity contribution >= 4 is 34.9 Å². The smallest absolute Gasteiger partial charge is 0.263 e. The number of halogens is 3. The number of aryl methyl sites for hydroxylation is 1. The molecule has 3 saturated heterocycles. The van der Waals surface area contributed by atoms with Crippen molar-refractivity contribution in [1.29, 1.82) is 0 Å². The van der Waals surface area contributed by atoms with Crippen LogP contribution in [0.3, 0.4) is 0 Å². The molecule has 18 heteroatoms. The third-order valence-corrected chi connectivity index (χ3v) is 11.7. The van der Waals surface area contributed by atoms with Gasteiger partial charge in [-0.25, -0.2) is 18.2 Å². The first kappa shape index (κ1) is 36.6. The number of imide groups is 1. The molecule has 7 heterocycles. The Kier molecular flexibility index (Phi) is 9.09. The van der Waals surface area contributed by atoms with Crippen molar-refractivity contribution in [2.75, 3.05) is 54.4 Å². The summed E-state index contributed by atoms with van der Waals surface area (Å²) in [6.45, 7) is 5.64. The number of rotatable bonds is 8. The van der Waals surface area contributed by atoms with Crippen LogP contribution in [0.15, 0.2) is 48.7 Å². The normalized spacial score (nSPS) is 23.3. The number of anilines is 3. The summed E-state index contributed by atoms with van der Waals surface area (Å²) in [5.41, 5.74) is 2.77. The molecule has 0 bridgehead atoms. The largest absolute Gasteiger partial charge is 0.504 e. The standard InChI is InChI=1S/C39H39F3N10O5/c1-21-29(19-49-9-11-50(12-10-49)23-6-5-22-17-51(37(56)26(22)13-23)30-7-8-32(53)46-36(30)55)43-16-33(45-21)57-24-15-39(38(41)42)20-44-35-31(52(39)18-24)14-28(47-48-35)25-3-2-4-27(40)34(25)54/h2-6,13-14,16,24,30,38,54H,7-12,15,17-20H2,1H3,(H,44,48)(H,46,53,55)/t24-,30?,39+/m1/s1. The van der Waals surface area contributed by atoms with Crippen LogP contribution >= 0.6 is 0 Å². The first-order chi connectivity index (χ1) is 27.5. The molecule has 0 aliphatic carbocycles. The van der Waals surface area contributed by atoms with E-state index in [2.05, 4.69) is 40.6 Å². The monoisotopic (exact) mass is 784 g/mol. The Labute approximate surface area is 324 Å². The number of carbonyl (C=O) groups excluding carboxylic acids is 3. The van der Waals surface area contributed by atoms with Gasteiger partial charge in [0, 0.05) is 75.5 Å². The van der Waals surface area contributed by atoms with E-state index in [1.54, 1.807) is 9.80 Å². The molecule has 1 unspecified atom stereocenters. The molecule has 0 spiro atoms. The molecule has 5 aliphatic heterocycles. The van der Waals surface area contributed by atoms with Gasteiger partial charge >= 0.3 is 0 Å². The average Bonchev–Trinajstić information content (AvgIpc) is 3.75. The fourth-order valence-electron chi connectivity index (χ4n) is 8.61. The molecule has 5 aliphatic rings. The quantitative estimate of drug-likeness (QED) is 0.223. The number of benzene rings is 2. The molecule has 3 N–H and O–H groups in total. The first-order valence-corrected chi connectivity index (χ1v) is 18.9. The average molecular weight is 785 g/mol. The molecule has 2 aromatic heterocycles. The lowest BCUT2D eigenvalue weighted by atomic mass is 9.93. The number of amides is 3. The Hall–Kier alpha value is -6.04. The van der Waals surface area contributed by atoms with Gasteiger partial charge < -0.3 is 29.9 Å². The van der Waals surface area contributed by atoms with E-state index in [4.69, 9.17) is 4.74 Å². The molecular formula is C39H39F3N10O5. The van der Waals surface area contributed by atoms with Gasteiger partial charge in [-0.15, -0.1) is 10.2 Å². The van der Waals surface area contributed by atoms with E-state index >= 15 is 0 Å². The minimum Gasteiger partial charge on any atom is -0.504 e. The molecule has 9 rings (SSSR count). The fraction of sp³-hybridized carbons (Fsp3) is 0.410. The van der Waals surface area contributed by atoms with Crippen LogP contribution < -0.4 is 25.2 Å². The van der Waals surface area contributed by atoms with Crippen molar-refractivity contribution in [3.05, 3.63) is 77.0 Å². The predicted octanol–water partition coefficient (Wildman–Crippen LogP) is 3.26. The second-order valence-electron chi connectivity index (χ2n) is 15.2. The summed E-state index contributed by atoms with van der Waals surface area (Å²) < 4.78 is 50.1. The molecule has 3 atom stereocenters.